The summed E-state index contributed by atoms with van der Waals surface area (Å²) in [5.41, 5.74) is 0.983. The average molecular weight is 269 g/mol. The van der Waals surface area contributed by atoms with Gasteiger partial charge in [-0.05, 0) is 20.0 Å². The topological polar surface area (TPSA) is 41.3 Å². The van der Waals surface area contributed by atoms with Crippen molar-refractivity contribution < 1.29 is 4.52 Å². The number of nitrogens with one attached hydrogen (secondary N) is 1. The van der Waals surface area contributed by atoms with Gasteiger partial charge in [0.15, 0.2) is 5.76 Å². The van der Waals surface area contributed by atoms with Crippen LogP contribution in [0.15, 0.2) is 10.6 Å². The second-order valence-electron chi connectivity index (χ2n) is 5.45. The highest BCUT2D eigenvalue weighted by Crippen LogP contribution is 2.31. The molecule has 2 heterocycles. The van der Waals surface area contributed by atoms with E-state index in [4.69, 9.17) is 4.52 Å². The Hall–Kier alpha value is -0.520. The lowest BCUT2D eigenvalue weighted by atomic mass is 10.1. The molecule has 102 valence electrons. The van der Waals surface area contributed by atoms with Crippen molar-refractivity contribution in [3.63, 3.8) is 0 Å². The maximum Gasteiger partial charge on any atom is 0.151 e. The molecule has 1 N–H and O–H groups in total. The number of hydrogen-bond donors (Lipinski definition) is 1. The van der Waals surface area contributed by atoms with Gasteiger partial charge in [0.05, 0.1) is 12.2 Å². The van der Waals surface area contributed by atoms with Crippen LogP contribution in [-0.2, 0) is 13.1 Å². The van der Waals surface area contributed by atoms with Gasteiger partial charge in [0, 0.05) is 29.7 Å². The van der Waals surface area contributed by atoms with E-state index in [0.717, 1.165) is 37.6 Å². The smallest absolute Gasteiger partial charge is 0.151 e. The first-order valence-corrected chi connectivity index (χ1v) is 7.53. The predicted octanol–water partition coefficient (Wildman–Crippen LogP) is 2.11. The molecule has 18 heavy (non-hydrogen) atoms. The minimum Gasteiger partial charge on any atom is -0.360 e. The Labute approximate surface area is 113 Å². The zero-order chi connectivity index (χ0) is 13.0. The normalized spacial score (nSPS) is 20.8. The van der Waals surface area contributed by atoms with Crippen LogP contribution >= 0.6 is 11.8 Å². The first kappa shape index (κ1) is 13.9. The van der Waals surface area contributed by atoms with E-state index in [-0.39, 0.29) is 0 Å². The van der Waals surface area contributed by atoms with Gasteiger partial charge in [0.2, 0.25) is 0 Å². The molecule has 1 aliphatic heterocycles. The summed E-state index contributed by atoms with van der Waals surface area (Å²) in [6.07, 6.45) is 1.23. The fourth-order valence-electron chi connectivity index (χ4n) is 2.14. The van der Waals surface area contributed by atoms with Crippen molar-refractivity contribution >= 4 is 11.8 Å². The van der Waals surface area contributed by atoms with Crippen LogP contribution in [0.2, 0.25) is 0 Å². The lowest BCUT2D eigenvalue weighted by Crippen LogP contribution is -2.26. The Morgan fingerprint density at radius 2 is 2.33 bits per heavy atom. The van der Waals surface area contributed by atoms with Crippen LogP contribution in [0, 0.1) is 0 Å². The molecule has 1 fully saturated rings. The Morgan fingerprint density at radius 3 is 3.11 bits per heavy atom. The molecule has 0 unspecified atom stereocenters. The van der Waals surface area contributed by atoms with Gasteiger partial charge >= 0.3 is 0 Å². The highest BCUT2D eigenvalue weighted by molar-refractivity contribution is 8.00. The van der Waals surface area contributed by atoms with E-state index in [2.05, 4.69) is 47.0 Å². The number of rotatable bonds is 4. The fourth-order valence-corrected chi connectivity index (χ4v) is 3.27. The molecule has 0 bridgehead atoms. The number of hydrogen-bond acceptors (Lipinski definition) is 5. The van der Waals surface area contributed by atoms with Crippen LogP contribution in [0.4, 0.5) is 0 Å². The van der Waals surface area contributed by atoms with E-state index < -0.39 is 0 Å². The average Bonchev–Trinajstić information content (AvgIpc) is 2.66. The van der Waals surface area contributed by atoms with Gasteiger partial charge in [-0.15, -0.1) is 0 Å². The summed E-state index contributed by atoms with van der Waals surface area (Å²) in [7, 11) is 1.92. The first-order valence-electron chi connectivity index (χ1n) is 6.54. The van der Waals surface area contributed by atoms with E-state index in [0.29, 0.717) is 4.75 Å². The van der Waals surface area contributed by atoms with Gasteiger partial charge in [-0.3, -0.25) is 4.90 Å². The quantitative estimate of drug-likeness (QED) is 0.906. The number of aromatic nitrogens is 1. The third-order valence-electron chi connectivity index (χ3n) is 3.28. The fraction of sp³-hybridized carbons (Fsp3) is 0.769. The molecular weight excluding hydrogens is 246 g/mol. The maximum absolute atomic E-state index is 5.37. The molecule has 0 radical (unpaired) electrons. The minimum atomic E-state index is 0.410. The molecule has 2 rings (SSSR count). The summed E-state index contributed by atoms with van der Waals surface area (Å²) in [4.78, 5) is 2.46. The van der Waals surface area contributed by atoms with E-state index in [1.807, 2.05) is 7.05 Å². The van der Waals surface area contributed by atoms with E-state index in [1.54, 1.807) is 0 Å². The summed E-state index contributed by atoms with van der Waals surface area (Å²) in [5, 5.41) is 7.14. The molecule has 0 aromatic carbocycles. The molecule has 0 aliphatic carbocycles. The zero-order valence-corrected chi connectivity index (χ0v) is 12.3. The van der Waals surface area contributed by atoms with E-state index in [9.17, 15) is 0 Å². The molecule has 1 aromatic heterocycles. The largest absolute Gasteiger partial charge is 0.360 e. The predicted molar refractivity (Wildman–Crippen MR) is 75.7 cm³/mol. The van der Waals surface area contributed by atoms with Crippen molar-refractivity contribution in [2.45, 2.75) is 38.1 Å². The van der Waals surface area contributed by atoms with Crippen molar-refractivity contribution in [1.82, 2.24) is 15.4 Å². The maximum atomic E-state index is 5.37. The second kappa shape index (κ2) is 6.08. The number of nitrogens with zero attached hydrogens (tertiary/aromatic N) is 2. The van der Waals surface area contributed by atoms with E-state index in [1.165, 1.54) is 12.2 Å². The molecule has 0 spiro atoms. The minimum absolute atomic E-state index is 0.410. The molecule has 0 amide bonds. The van der Waals surface area contributed by atoms with Crippen LogP contribution in [0.5, 0.6) is 0 Å². The van der Waals surface area contributed by atoms with Gasteiger partial charge in [-0.1, -0.05) is 19.0 Å². The Bertz CT molecular complexity index is 378. The molecule has 1 aliphatic rings. The van der Waals surface area contributed by atoms with Gasteiger partial charge in [-0.2, -0.15) is 11.8 Å². The molecule has 4 nitrogen and oxygen atoms in total. The summed E-state index contributed by atoms with van der Waals surface area (Å²) in [6, 6.07) is 2.06. The van der Waals surface area contributed by atoms with Crippen LogP contribution in [-0.4, -0.2) is 40.7 Å². The summed E-state index contributed by atoms with van der Waals surface area (Å²) in [6.45, 7) is 8.60. The van der Waals surface area contributed by atoms with Crippen LogP contribution < -0.4 is 5.32 Å². The standard InChI is InChI=1S/C13H23N3OS/c1-13(2)4-5-16(6-7-18-13)10-12-8-11(9-14-3)15-17-12/h8,14H,4-7,9-10H2,1-3H3. The molecular formula is C13H23N3OS. The highest BCUT2D eigenvalue weighted by atomic mass is 32.2. The monoisotopic (exact) mass is 269 g/mol. The molecule has 1 aromatic rings. The molecule has 5 heteroatoms. The van der Waals surface area contributed by atoms with Gasteiger partial charge in [-0.25, -0.2) is 0 Å². The molecule has 0 atom stereocenters. The van der Waals surface area contributed by atoms with Crippen molar-refractivity contribution in [2.24, 2.45) is 0 Å². The Balaban J connectivity index is 1.88. The number of thioether (sulfide) groups is 1. The third-order valence-corrected chi connectivity index (χ3v) is 4.65. The van der Waals surface area contributed by atoms with Crippen molar-refractivity contribution in [1.29, 1.82) is 0 Å². The van der Waals surface area contributed by atoms with E-state index >= 15 is 0 Å². The lowest BCUT2D eigenvalue weighted by Gasteiger charge is -2.21. The Kier molecular flexibility index (Phi) is 4.70. The van der Waals surface area contributed by atoms with Crippen molar-refractivity contribution in [3.8, 4) is 0 Å². The van der Waals surface area contributed by atoms with Crippen LogP contribution in [0.25, 0.3) is 0 Å². The zero-order valence-electron chi connectivity index (χ0n) is 11.5. The second-order valence-corrected chi connectivity index (χ2v) is 7.25. The Morgan fingerprint density at radius 1 is 1.50 bits per heavy atom. The van der Waals surface area contributed by atoms with Gasteiger partial charge in [0.1, 0.15) is 0 Å². The van der Waals surface area contributed by atoms with Gasteiger partial charge < -0.3 is 9.84 Å². The molecule has 1 saturated heterocycles. The van der Waals surface area contributed by atoms with Crippen LogP contribution in [0.1, 0.15) is 31.7 Å². The van der Waals surface area contributed by atoms with Crippen LogP contribution in [0.3, 0.4) is 0 Å². The third kappa shape index (κ3) is 4.00. The SMILES string of the molecule is CNCc1cc(CN2CCSC(C)(C)CC2)on1. The van der Waals surface area contributed by atoms with Crippen molar-refractivity contribution in [2.75, 3.05) is 25.9 Å². The van der Waals surface area contributed by atoms with Crippen molar-refractivity contribution in [3.05, 3.63) is 17.5 Å². The summed E-state index contributed by atoms with van der Waals surface area (Å²) < 4.78 is 5.78. The first-order chi connectivity index (χ1) is 8.59. The summed E-state index contributed by atoms with van der Waals surface area (Å²) >= 11 is 2.07. The lowest BCUT2D eigenvalue weighted by molar-refractivity contribution is 0.238. The summed E-state index contributed by atoms with van der Waals surface area (Å²) in [5.74, 6) is 2.18. The van der Waals surface area contributed by atoms with Gasteiger partial charge in [0.25, 0.3) is 0 Å². The highest BCUT2D eigenvalue weighted by Gasteiger charge is 2.24. The molecule has 0 saturated carbocycles.